The van der Waals surface area contributed by atoms with Gasteiger partial charge in [-0.1, -0.05) is 38.1 Å². The summed E-state index contributed by atoms with van der Waals surface area (Å²) < 4.78 is 41.6. The summed E-state index contributed by atoms with van der Waals surface area (Å²) in [6.45, 7) is 4.77. The molecule has 5 nitrogen and oxygen atoms in total. The van der Waals surface area contributed by atoms with Crippen molar-refractivity contribution in [2.75, 3.05) is 18.4 Å². The lowest BCUT2D eigenvalue weighted by molar-refractivity contribution is -0.137. The molecule has 31 heavy (non-hydrogen) atoms. The molecule has 0 unspecified atom stereocenters. The molecule has 0 saturated heterocycles. The smallest absolute Gasteiger partial charge is 0.334 e. The Bertz CT molecular complexity index is 1040. The Hall–Kier alpha value is -3.13. The van der Waals surface area contributed by atoms with Gasteiger partial charge in [0.25, 0.3) is 0 Å². The van der Waals surface area contributed by atoms with Crippen LogP contribution in [0.25, 0.3) is 11.4 Å². The monoisotopic (exact) mass is 430 g/mol. The number of aromatic nitrogens is 2. The van der Waals surface area contributed by atoms with Gasteiger partial charge < -0.3 is 9.88 Å². The fraction of sp³-hybridized carbons (Fsp3) is 0.304. The second-order valence-corrected chi connectivity index (χ2v) is 7.18. The van der Waals surface area contributed by atoms with E-state index in [0.717, 1.165) is 23.5 Å². The molecular weight excluding hydrogens is 405 g/mol. The van der Waals surface area contributed by atoms with Crippen LogP contribution in [0, 0.1) is 0 Å². The molecule has 0 aliphatic heterocycles. The van der Waals surface area contributed by atoms with E-state index in [-0.39, 0.29) is 5.91 Å². The highest BCUT2D eigenvalue weighted by Crippen LogP contribution is 2.32. The van der Waals surface area contributed by atoms with Crippen molar-refractivity contribution >= 4 is 11.6 Å². The van der Waals surface area contributed by atoms with Crippen molar-refractivity contribution in [3.05, 3.63) is 72.1 Å². The molecule has 164 valence electrons. The number of amides is 1. The van der Waals surface area contributed by atoms with Gasteiger partial charge in [-0.15, -0.1) is 0 Å². The molecule has 0 saturated carbocycles. The van der Waals surface area contributed by atoms with Crippen LogP contribution in [-0.2, 0) is 18.0 Å². The van der Waals surface area contributed by atoms with Crippen LogP contribution < -0.4 is 5.32 Å². The van der Waals surface area contributed by atoms with E-state index in [1.165, 1.54) is 6.07 Å². The average Bonchev–Trinajstić information content (AvgIpc) is 3.17. The molecule has 1 heterocycles. The molecular formula is C23H25F3N4O. The minimum Gasteiger partial charge on any atom is -0.334 e. The zero-order chi connectivity index (χ0) is 22.6. The van der Waals surface area contributed by atoms with Crippen LogP contribution in [0.3, 0.4) is 0 Å². The van der Waals surface area contributed by atoms with E-state index in [1.54, 1.807) is 30.5 Å². The Balaban J connectivity index is 1.93. The fourth-order valence-electron chi connectivity index (χ4n) is 3.59. The molecule has 3 aromatic rings. The predicted molar refractivity (Wildman–Crippen MR) is 114 cm³/mol. The number of anilines is 1. The summed E-state index contributed by atoms with van der Waals surface area (Å²) in [5, 5.41) is 2.87. The summed E-state index contributed by atoms with van der Waals surface area (Å²) in [5.41, 5.74) is 0.904. The van der Waals surface area contributed by atoms with Gasteiger partial charge in [-0.05, 0) is 42.9 Å². The van der Waals surface area contributed by atoms with Gasteiger partial charge in [0.05, 0.1) is 5.56 Å². The van der Waals surface area contributed by atoms with Crippen LogP contribution in [0.15, 0.2) is 60.9 Å². The van der Waals surface area contributed by atoms with Crippen molar-refractivity contribution in [1.29, 1.82) is 0 Å². The molecule has 0 spiro atoms. The summed E-state index contributed by atoms with van der Waals surface area (Å²) in [7, 11) is 1.87. The number of nitrogens with one attached hydrogen (secondary N) is 1. The average molecular weight is 430 g/mol. The molecule has 2 aromatic carbocycles. The Morgan fingerprint density at radius 1 is 1.13 bits per heavy atom. The summed E-state index contributed by atoms with van der Waals surface area (Å²) >= 11 is 0. The molecule has 1 N–H and O–H groups in total. The second kappa shape index (κ2) is 9.34. The zero-order valence-corrected chi connectivity index (χ0v) is 17.6. The van der Waals surface area contributed by atoms with Gasteiger partial charge in [-0.2, -0.15) is 13.2 Å². The first kappa shape index (κ1) is 22.6. The van der Waals surface area contributed by atoms with E-state index in [1.807, 2.05) is 42.6 Å². The van der Waals surface area contributed by atoms with Gasteiger partial charge in [0.1, 0.15) is 11.9 Å². The number of likely N-dealkylation sites (N-methyl/N-ethyl adjacent to an activating group) is 1. The van der Waals surface area contributed by atoms with E-state index in [9.17, 15) is 18.0 Å². The molecule has 0 aliphatic carbocycles. The van der Waals surface area contributed by atoms with E-state index in [2.05, 4.69) is 10.3 Å². The van der Waals surface area contributed by atoms with E-state index in [0.29, 0.717) is 24.3 Å². The van der Waals surface area contributed by atoms with Crippen LogP contribution in [0.4, 0.5) is 18.9 Å². The Labute approximate surface area is 179 Å². The first-order chi connectivity index (χ1) is 14.7. The van der Waals surface area contributed by atoms with Crippen molar-refractivity contribution in [3.63, 3.8) is 0 Å². The first-order valence-electron chi connectivity index (χ1n) is 10.0. The number of carbonyl (C=O) groups excluding carboxylic acids is 1. The second-order valence-electron chi connectivity index (χ2n) is 7.18. The minimum absolute atomic E-state index is 0.302. The topological polar surface area (TPSA) is 50.2 Å². The highest BCUT2D eigenvalue weighted by Gasteiger charge is 2.33. The lowest BCUT2D eigenvalue weighted by Crippen LogP contribution is -2.37. The molecule has 0 aliphatic rings. The molecule has 3 rings (SSSR count). The van der Waals surface area contributed by atoms with Crippen molar-refractivity contribution < 1.29 is 18.0 Å². The van der Waals surface area contributed by atoms with Crippen LogP contribution in [0.1, 0.15) is 31.0 Å². The standard InChI is InChI=1S/C23H25F3N4O/c1-4-30(5-2)20(16-8-6-10-18(14-16)23(24,25)26)22(31)28-19-11-7-9-17(15-19)21-27-12-13-29(21)3/h6-15,20H,4-5H2,1-3H3,(H,28,31)/t20-/m0/s1. The quantitative estimate of drug-likeness (QED) is 0.566. The number of imidazole rings is 1. The molecule has 0 radical (unpaired) electrons. The first-order valence-corrected chi connectivity index (χ1v) is 10.0. The molecule has 1 aromatic heterocycles. The van der Waals surface area contributed by atoms with Gasteiger partial charge in [0.15, 0.2) is 0 Å². The maximum Gasteiger partial charge on any atom is 0.416 e. The zero-order valence-electron chi connectivity index (χ0n) is 17.6. The van der Waals surface area contributed by atoms with Gasteiger partial charge in [0.2, 0.25) is 5.91 Å². The van der Waals surface area contributed by atoms with Gasteiger partial charge in [-0.25, -0.2) is 4.98 Å². The normalized spacial score (nSPS) is 12.7. The highest BCUT2D eigenvalue weighted by atomic mass is 19.4. The predicted octanol–water partition coefficient (Wildman–Crippen LogP) is 5.13. The third-order valence-corrected chi connectivity index (χ3v) is 5.17. The van der Waals surface area contributed by atoms with Crippen LogP contribution in [0.2, 0.25) is 0 Å². The van der Waals surface area contributed by atoms with E-state index in [4.69, 9.17) is 0 Å². The van der Waals surface area contributed by atoms with Crippen molar-refractivity contribution in [3.8, 4) is 11.4 Å². The summed E-state index contributed by atoms with van der Waals surface area (Å²) in [6.07, 6.45) is -0.966. The maximum absolute atomic E-state index is 13.2. The van der Waals surface area contributed by atoms with Crippen molar-refractivity contribution in [2.24, 2.45) is 7.05 Å². The number of aryl methyl sites for hydroxylation is 1. The number of hydrogen-bond acceptors (Lipinski definition) is 3. The van der Waals surface area contributed by atoms with Gasteiger partial charge >= 0.3 is 6.18 Å². The molecule has 0 fully saturated rings. The number of alkyl halides is 3. The minimum atomic E-state index is -4.48. The largest absolute Gasteiger partial charge is 0.416 e. The number of nitrogens with zero attached hydrogens (tertiary/aromatic N) is 3. The summed E-state index contributed by atoms with van der Waals surface area (Å²) in [5.74, 6) is 0.356. The Morgan fingerprint density at radius 2 is 1.84 bits per heavy atom. The summed E-state index contributed by atoms with van der Waals surface area (Å²) in [4.78, 5) is 19.4. The number of hydrogen-bond donors (Lipinski definition) is 1. The fourth-order valence-corrected chi connectivity index (χ4v) is 3.59. The van der Waals surface area contributed by atoms with E-state index < -0.39 is 17.8 Å². The van der Waals surface area contributed by atoms with Crippen LogP contribution in [-0.4, -0.2) is 33.4 Å². The van der Waals surface area contributed by atoms with Crippen molar-refractivity contribution in [1.82, 2.24) is 14.5 Å². The van der Waals surface area contributed by atoms with Crippen LogP contribution in [0.5, 0.6) is 0 Å². The third kappa shape index (κ3) is 5.14. The molecule has 1 amide bonds. The van der Waals surface area contributed by atoms with Crippen LogP contribution >= 0.6 is 0 Å². The van der Waals surface area contributed by atoms with E-state index >= 15 is 0 Å². The highest BCUT2D eigenvalue weighted by molar-refractivity contribution is 5.96. The molecule has 1 atom stereocenters. The number of rotatable bonds is 7. The third-order valence-electron chi connectivity index (χ3n) is 5.17. The molecule has 0 bridgehead atoms. The van der Waals surface area contributed by atoms with Gasteiger partial charge in [-0.3, -0.25) is 9.69 Å². The summed E-state index contributed by atoms with van der Waals surface area (Å²) in [6, 6.07) is 11.3. The number of halogens is 3. The Kier molecular flexibility index (Phi) is 6.80. The maximum atomic E-state index is 13.2. The number of benzene rings is 2. The van der Waals surface area contributed by atoms with Gasteiger partial charge in [0, 0.05) is 30.7 Å². The van der Waals surface area contributed by atoms with Crippen molar-refractivity contribution in [2.45, 2.75) is 26.1 Å². The SMILES string of the molecule is CCN(CC)[C@H](C(=O)Nc1cccc(-c2nccn2C)c1)c1cccc(C(F)(F)F)c1. The Morgan fingerprint density at radius 3 is 2.45 bits per heavy atom. The lowest BCUT2D eigenvalue weighted by atomic mass is 10.0. The number of carbonyl (C=O) groups is 1. The molecule has 8 heteroatoms. The lowest BCUT2D eigenvalue weighted by Gasteiger charge is -2.29.